The van der Waals surface area contributed by atoms with Crippen molar-refractivity contribution in [1.82, 2.24) is 0 Å². The Hall–Kier alpha value is -3.60. The molecule has 0 aliphatic heterocycles. The Balaban J connectivity index is 1.63. The Bertz CT molecular complexity index is 1040. The molecule has 0 spiro atoms. The number of rotatable bonds is 8. The van der Waals surface area contributed by atoms with E-state index in [2.05, 4.69) is 24.5 Å². The molecule has 5 heteroatoms. The summed E-state index contributed by atoms with van der Waals surface area (Å²) in [6.07, 6.45) is 0.922. The predicted octanol–water partition coefficient (Wildman–Crippen LogP) is 5.92. The third-order valence-corrected chi connectivity index (χ3v) is 4.87. The SMILES string of the molecule is Cc1ccccc1C(=O)Nc1ccc(NC(=O)c2ccccc2OCCC(C)C)cc1. The van der Waals surface area contributed by atoms with Crippen LogP contribution in [-0.4, -0.2) is 18.4 Å². The minimum Gasteiger partial charge on any atom is -0.493 e. The third-order valence-electron chi connectivity index (χ3n) is 4.87. The minimum atomic E-state index is -0.239. The number of para-hydroxylation sites is 1. The summed E-state index contributed by atoms with van der Waals surface area (Å²) in [5.41, 5.74) is 3.33. The molecule has 0 radical (unpaired) electrons. The molecule has 0 fully saturated rings. The van der Waals surface area contributed by atoms with Crippen molar-refractivity contribution in [3.05, 3.63) is 89.5 Å². The standard InChI is InChI=1S/C26H28N2O3/c1-18(2)16-17-31-24-11-7-6-10-23(24)26(30)28-21-14-12-20(13-15-21)27-25(29)22-9-5-4-8-19(22)3/h4-15,18H,16-17H2,1-3H3,(H,27,29)(H,28,30). The molecule has 0 atom stereocenters. The fourth-order valence-electron chi connectivity index (χ4n) is 3.05. The van der Waals surface area contributed by atoms with Crippen molar-refractivity contribution in [2.45, 2.75) is 27.2 Å². The van der Waals surface area contributed by atoms with E-state index < -0.39 is 0 Å². The highest BCUT2D eigenvalue weighted by molar-refractivity contribution is 6.07. The van der Waals surface area contributed by atoms with Gasteiger partial charge in [-0.25, -0.2) is 0 Å². The molecule has 0 aliphatic carbocycles. The Morgan fingerprint density at radius 2 is 1.29 bits per heavy atom. The highest BCUT2D eigenvalue weighted by Gasteiger charge is 2.13. The molecular formula is C26H28N2O3. The van der Waals surface area contributed by atoms with Crippen LogP contribution in [0.1, 0.15) is 46.5 Å². The molecule has 2 N–H and O–H groups in total. The highest BCUT2D eigenvalue weighted by Crippen LogP contribution is 2.21. The van der Waals surface area contributed by atoms with Crippen molar-refractivity contribution in [1.29, 1.82) is 0 Å². The van der Waals surface area contributed by atoms with Gasteiger partial charge in [0.1, 0.15) is 5.75 Å². The van der Waals surface area contributed by atoms with Crippen LogP contribution >= 0.6 is 0 Å². The lowest BCUT2D eigenvalue weighted by Crippen LogP contribution is -2.15. The number of aryl methyl sites for hydroxylation is 1. The number of nitrogens with one attached hydrogen (secondary N) is 2. The molecule has 3 aromatic carbocycles. The maximum Gasteiger partial charge on any atom is 0.259 e. The predicted molar refractivity (Wildman–Crippen MR) is 125 cm³/mol. The number of benzene rings is 3. The summed E-state index contributed by atoms with van der Waals surface area (Å²) < 4.78 is 5.81. The maximum absolute atomic E-state index is 12.8. The highest BCUT2D eigenvalue weighted by atomic mass is 16.5. The number of hydrogen-bond donors (Lipinski definition) is 2. The first-order valence-electron chi connectivity index (χ1n) is 10.4. The first-order valence-corrected chi connectivity index (χ1v) is 10.4. The quantitative estimate of drug-likeness (QED) is 0.479. The van der Waals surface area contributed by atoms with Gasteiger partial charge in [0.25, 0.3) is 11.8 Å². The van der Waals surface area contributed by atoms with E-state index in [0.29, 0.717) is 40.8 Å². The molecule has 0 unspecified atom stereocenters. The van der Waals surface area contributed by atoms with Gasteiger partial charge in [0.05, 0.1) is 12.2 Å². The maximum atomic E-state index is 12.8. The molecule has 0 aromatic heterocycles. The zero-order chi connectivity index (χ0) is 22.2. The van der Waals surface area contributed by atoms with Crippen molar-refractivity contribution in [3.8, 4) is 5.75 Å². The first kappa shape index (κ1) is 22.1. The van der Waals surface area contributed by atoms with E-state index in [9.17, 15) is 9.59 Å². The Labute approximate surface area is 183 Å². The van der Waals surface area contributed by atoms with Gasteiger partial charge in [-0.2, -0.15) is 0 Å². The lowest BCUT2D eigenvalue weighted by Gasteiger charge is -2.13. The molecule has 5 nitrogen and oxygen atoms in total. The van der Waals surface area contributed by atoms with Gasteiger partial charge in [0.2, 0.25) is 0 Å². The summed E-state index contributed by atoms with van der Waals surface area (Å²) >= 11 is 0. The molecular weight excluding hydrogens is 388 g/mol. The molecule has 31 heavy (non-hydrogen) atoms. The molecule has 160 valence electrons. The fraction of sp³-hybridized carbons (Fsp3) is 0.231. The smallest absolute Gasteiger partial charge is 0.259 e. The van der Waals surface area contributed by atoms with E-state index in [4.69, 9.17) is 4.74 Å². The number of carbonyl (C=O) groups excluding carboxylic acids is 2. The molecule has 3 rings (SSSR count). The second-order valence-corrected chi connectivity index (χ2v) is 7.83. The number of amides is 2. The van der Waals surface area contributed by atoms with Gasteiger partial charge in [-0.05, 0) is 67.3 Å². The zero-order valence-corrected chi connectivity index (χ0v) is 18.1. The summed E-state index contributed by atoms with van der Waals surface area (Å²) in [5.74, 6) is 0.702. The van der Waals surface area contributed by atoms with E-state index >= 15 is 0 Å². The normalized spacial score (nSPS) is 10.6. The summed E-state index contributed by atoms with van der Waals surface area (Å²) in [5, 5.41) is 5.77. The first-order chi connectivity index (χ1) is 14.9. The monoisotopic (exact) mass is 416 g/mol. The topological polar surface area (TPSA) is 67.4 Å². The summed E-state index contributed by atoms with van der Waals surface area (Å²) in [7, 11) is 0. The van der Waals surface area contributed by atoms with Crippen molar-refractivity contribution >= 4 is 23.2 Å². The van der Waals surface area contributed by atoms with E-state index in [-0.39, 0.29) is 11.8 Å². The number of ether oxygens (including phenoxy) is 1. The molecule has 0 bridgehead atoms. The van der Waals surface area contributed by atoms with Crippen molar-refractivity contribution in [2.75, 3.05) is 17.2 Å². The zero-order valence-electron chi connectivity index (χ0n) is 18.1. The van der Waals surface area contributed by atoms with Crippen LogP contribution in [0.25, 0.3) is 0 Å². The van der Waals surface area contributed by atoms with Crippen LogP contribution in [0.3, 0.4) is 0 Å². The average molecular weight is 417 g/mol. The van der Waals surface area contributed by atoms with Gasteiger partial charge in [-0.3, -0.25) is 9.59 Å². The Morgan fingerprint density at radius 3 is 1.87 bits per heavy atom. The van der Waals surface area contributed by atoms with E-state index in [1.807, 2.05) is 37.3 Å². The number of anilines is 2. The van der Waals surface area contributed by atoms with Crippen LogP contribution in [0.5, 0.6) is 5.75 Å². The van der Waals surface area contributed by atoms with Crippen molar-refractivity contribution in [3.63, 3.8) is 0 Å². The lowest BCUT2D eigenvalue weighted by atomic mass is 10.1. The van der Waals surface area contributed by atoms with Crippen LogP contribution in [0.15, 0.2) is 72.8 Å². The molecule has 0 aliphatic rings. The lowest BCUT2D eigenvalue weighted by molar-refractivity contribution is 0.101. The van der Waals surface area contributed by atoms with E-state index in [1.54, 1.807) is 42.5 Å². The van der Waals surface area contributed by atoms with E-state index in [1.165, 1.54) is 0 Å². The average Bonchev–Trinajstić information content (AvgIpc) is 2.75. The Morgan fingerprint density at radius 1 is 0.774 bits per heavy atom. The molecule has 3 aromatic rings. The van der Waals surface area contributed by atoms with Crippen LogP contribution in [0, 0.1) is 12.8 Å². The second-order valence-electron chi connectivity index (χ2n) is 7.83. The van der Waals surface area contributed by atoms with Gasteiger partial charge in [0, 0.05) is 16.9 Å². The van der Waals surface area contributed by atoms with Crippen molar-refractivity contribution in [2.24, 2.45) is 5.92 Å². The van der Waals surface area contributed by atoms with E-state index in [0.717, 1.165) is 12.0 Å². The van der Waals surface area contributed by atoms with Crippen LogP contribution in [-0.2, 0) is 0 Å². The minimum absolute atomic E-state index is 0.164. The largest absolute Gasteiger partial charge is 0.493 e. The molecule has 0 saturated heterocycles. The third kappa shape index (κ3) is 6.19. The molecule has 0 saturated carbocycles. The summed E-state index contributed by atoms with van der Waals surface area (Å²) in [6, 6.07) is 21.7. The van der Waals surface area contributed by atoms with Gasteiger partial charge in [0.15, 0.2) is 0 Å². The van der Waals surface area contributed by atoms with Crippen LogP contribution in [0.4, 0.5) is 11.4 Å². The van der Waals surface area contributed by atoms with Gasteiger partial charge >= 0.3 is 0 Å². The van der Waals surface area contributed by atoms with Crippen LogP contribution in [0.2, 0.25) is 0 Å². The summed E-state index contributed by atoms with van der Waals surface area (Å²) in [6.45, 7) is 6.74. The van der Waals surface area contributed by atoms with Crippen molar-refractivity contribution < 1.29 is 14.3 Å². The molecule has 0 heterocycles. The fourth-order valence-corrected chi connectivity index (χ4v) is 3.05. The van der Waals surface area contributed by atoms with Crippen LogP contribution < -0.4 is 15.4 Å². The van der Waals surface area contributed by atoms with Gasteiger partial charge in [-0.15, -0.1) is 0 Å². The van der Waals surface area contributed by atoms with Gasteiger partial charge in [-0.1, -0.05) is 44.2 Å². The Kier molecular flexibility index (Phi) is 7.44. The number of carbonyl (C=O) groups is 2. The molecule has 2 amide bonds. The summed E-state index contributed by atoms with van der Waals surface area (Å²) in [4.78, 5) is 25.2. The van der Waals surface area contributed by atoms with Gasteiger partial charge < -0.3 is 15.4 Å². The second kappa shape index (κ2) is 10.4. The number of hydrogen-bond acceptors (Lipinski definition) is 3.